The third kappa shape index (κ3) is 6.10. The maximum atomic E-state index is 13.5. The van der Waals surface area contributed by atoms with E-state index in [4.69, 9.17) is 16.3 Å². The Morgan fingerprint density at radius 3 is 2.39 bits per heavy atom. The topological polar surface area (TPSA) is 106 Å². The molecule has 1 aliphatic heterocycles. The average molecular weight is 641 g/mol. The normalized spacial score (nSPS) is 16.0. The lowest BCUT2D eigenvalue weighted by Crippen LogP contribution is -2.29. The number of aliphatic hydroxyl groups is 1. The van der Waals surface area contributed by atoms with Gasteiger partial charge in [-0.15, -0.1) is 10.2 Å². The van der Waals surface area contributed by atoms with Crippen LogP contribution in [-0.4, -0.2) is 32.0 Å². The van der Waals surface area contributed by atoms with Crippen molar-refractivity contribution in [3.05, 3.63) is 136 Å². The van der Waals surface area contributed by atoms with Gasteiger partial charge in [0, 0.05) is 28.7 Å². The average Bonchev–Trinajstić information content (AvgIpc) is 3.62. The molecule has 0 radical (unpaired) electrons. The summed E-state index contributed by atoms with van der Waals surface area (Å²) in [7, 11) is 0. The molecule has 1 saturated heterocycles. The number of anilines is 1. The van der Waals surface area contributed by atoms with Gasteiger partial charge in [0.15, 0.2) is 4.34 Å². The van der Waals surface area contributed by atoms with E-state index in [9.17, 15) is 14.7 Å². The van der Waals surface area contributed by atoms with Gasteiger partial charge in [0.1, 0.15) is 18.1 Å². The maximum absolute atomic E-state index is 13.5. The first kappa shape index (κ1) is 29.6. The van der Waals surface area contributed by atoms with Crippen molar-refractivity contribution < 1.29 is 19.4 Å². The lowest BCUT2D eigenvalue weighted by Gasteiger charge is -2.22. The van der Waals surface area contributed by atoms with Crippen molar-refractivity contribution >= 4 is 57.3 Å². The number of hydrogen-bond acceptors (Lipinski definition) is 9. The van der Waals surface area contributed by atoms with Gasteiger partial charge in [-0.25, -0.2) is 0 Å². The molecule has 0 bridgehead atoms. The Kier molecular flexibility index (Phi) is 8.74. The molecule has 5 aromatic rings. The molecule has 8 nitrogen and oxygen atoms in total. The molecule has 0 aliphatic carbocycles. The molecule has 44 heavy (non-hydrogen) atoms. The van der Waals surface area contributed by atoms with E-state index in [-0.39, 0.29) is 16.5 Å². The van der Waals surface area contributed by atoms with E-state index >= 15 is 0 Å². The van der Waals surface area contributed by atoms with Crippen molar-refractivity contribution in [2.75, 3.05) is 4.90 Å². The second-order valence-electron chi connectivity index (χ2n) is 9.92. The summed E-state index contributed by atoms with van der Waals surface area (Å²) in [5.74, 6) is -0.747. The molecule has 1 aliphatic rings. The molecule has 3 aromatic carbocycles. The van der Waals surface area contributed by atoms with Crippen molar-refractivity contribution in [1.29, 1.82) is 0 Å². The summed E-state index contributed by atoms with van der Waals surface area (Å²) < 4.78 is 6.54. The summed E-state index contributed by atoms with van der Waals surface area (Å²) in [6.07, 6.45) is 3.14. The molecule has 3 heterocycles. The van der Waals surface area contributed by atoms with Crippen LogP contribution in [0.25, 0.3) is 5.76 Å². The third-order valence-electron chi connectivity index (χ3n) is 7.16. The van der Waals surface area contributed by atoms with Crippen molar-refractivity contribution in [3.8, 4) is 5.75 Å². The number of pyridine rings is 1. The van der Waals surface area contributed by atoms with E-state index in [1.807, 2.05) is 55.5 Å². The van der Waals surface area contributed by atoms with Crippen LogP contribution < -0.4 is 9.64 Å². The van der Waals surface area contributed by atoms with Crippen LogP contribution >= 0.6 is 34.7 Å². The minimum absolute atomic E-state index is 0.0461. The SMILES string of the molecule is Cc1ccccc1COc1ccc(C(O)=C2C(=O)C(=O)N(c3nnc(SCc4ccccc4Cl)s3)C2c2ccncc2)cc1. The standard InChI is InChI=1S/C33H25ClN4O4S2/c1-20-6-2-3-7-23(20)18-42-25-12-10-22(11-13-25)29(39)27-28(21-14-16-35-17-15-21)38(31(41)30(27)40)32-36-37-33(44-32)43-19-24-8-4-5-9-26(24)34/h2-17,28,39H,18-19H2,1H3. The highest BCUT2D eigenvalue weighted by atomic mass is 35.5. The molecule has 11 heteroatoms. The quantitative estimate of drug-likeness (QED) is 0.0584. The van der Waals surface area contributed by atoms with Gasteiger partial charge in [-0.1, -0.05) is 77.2 Å². The van der Waals surface area contributed by atoms with E-state index in [1.54, 1.807) is 48.8 Å². The number of amides is 1. The van der Waals surface area contributed by atoms with Crippen LogP contribution in [-0.2, 0) is 21.9 Å². The molecule has 220 valence electrons. The second-order valence-corrected chi connectivity index (χ2v) is 12.5. The number of carbonyl (C=O) groups is 2. The summed E-state index contributed by atoms with van der Waals surface area (Å²) in [5, 5.41) is 20.9. The van der Waals surface area contributed by atoms with Gasteiger partial charge in [0.2, 0.25) is 5.13 Å². The van der Waals surface area contributed by atoms with Crippen LogP contribution in [0.15, 0.2) is 107 Å². The number of thioether (sulfide) groups is 1. The van der Waals surface area contributed by atoms with Gasteiger partial charge in [-0.05, 0) is 71.6 Å². The fourth-order valence-corrected chi connectivity index (χ4v) is 6.96. The lowest BCUT2D eigenvalue weighted by atomic mass is 9.96. The summed E-state index contributed by atoms with van der Waals surface area (Å²) in [4.78, 5) is 32.3. The molecule has 0 saturated carbocycles. The highest BCUT2D eigenvalue weighted by Crippen LogP contribution is 2.44. The number of ether oxygens (including phenoxy) is 1. The van der Waals surface area contributed by atoms with E-state index in [2.05, 4.69) is 15.2 Å². The number of ketones is 1. The first-order valence-electron chi connectivity index (χ1n) is 13.6. The van der Waals surface area contributed by atoms with Crippen molar-refractivity contribution in [3.63, 3.8) is 0 Å². The lowest BCUT2D eigenvalue weighted by molar-refractivity contribution is -0.132. The van der Waals surface area contributed by atoms with Gasteiger partial charge in [0.25, 0.3) is 5.78 Å². The number of aliphatic hydroxyl groups excluding tert-OH is 1. The number of hydrogen-bond donors (Lipinski definition) is 1. The van der Waals surface area contributed by atoms with Crippen LogP contribution in [0.4, 0.5) is 5.13 Å². The fraction of sp³-hybridized carbons (Fsp3) is 0.121. The molecule has 1 unspecified atom stereocenters. The second kappa shape index (κ2) is 13.0. The number of Topliss-reactive ketones (excluding diaryl/α,β-unsaturated/α-hetero) is 1. The van der Waals surface area contributed by atoms with Crippen molar-refractivity contribution in [2.24, 2.45) is 0 Å². The molecule has 1 fully saturated rings. The first-order chi connectivity index (χ1) is 21.4. The first-order valence-corrected chi connectivity index (χ1v) is 15.8. The number of aromatic nitrogens is 3. The summed E-state index contributed by atoms with van der Waals surface area (Å²) in [6, 6.07) is 24.7. The number of aryl methyl sites for hydroxylation is 1. The molecular weight excluding hydrogens is 616 g/mol. The van der Waals surface area contributed by atoms with Crippen molar-refractivity contribution in [1.82, 2.24) is 15.2 Å². The predicted octanol–water partition coefficient (Wildman–Crippen LogP) is 7.39. The number of carbonyl (C=O) groups excluding carboxylic acids is 2. The van der Waals surface area contributed by atoms with Gasteiger partial charge in [0.05, 0.1) is 11.6 Å². The molecule has 0 spiro atoms. The van der Waals surface area contributed by atoms with E-state index in [0.717, 1.165) is 16.7 Å². The molecule has 2 aromatic heterocycles. The van der Waals surface area contributed by atoms with Crippen LogP contribution in [0.5, 0.6) is 5.75 Å². The van der Waals surface area contributed by atoms with Crippen molar-refractivity contribution in [2.45, 2.75) is 29.7 Å². The smallest absolute Gasteiger partial charge is 0.301 e. The van der Waals surface area contributed by atoms with Gasteiger partial charge >= 0.3 is 5.91 Å². The minimum Gasteiger partial charge on any atom is -0.507 e. The number of rotatable bonds is 9. The van der Waals surface area contributed by atoms with Gasteiger partial charge in [-0.2, -0.15) is 0 Å². The predicted molar refractivity (Wildman–Crippen MR) is 172 cm³/mol. The zero-order valence-corrected chi connectivity index (χ0v) is 25.8. The Bertz CT molecular complexity index is 1860. The fourth-order valence-electron chi connectivity index (χ4n) is 4.80. The van der Waals surface area contributed by atoms with E-state index in [0.29, 0.717) is 38.6 Å². The molecule has 1 N–H and O–H groups in total. The van der Waals surface area contributed by atoms with E-state index in [1.165, 1.54) is 28.0 Å². The summed E-state index contributed by atoms with van der Waals surface area (Å²) >= 11 is 8.91. The van der Waals surface area contributed by atoms with Gasteiger partial charge < -0.3 is 9.84 Å². The van der Waals surface area contributed by atoms with Gasteiger partial charge in [-0.3, -0.25) is 19.5 Å². The summed E-state index contributed by atoms with van der Waals surface area (Å²) in [5.41, 5.74) is 4.07. The minimum atomic E-state index is -0.927. The zero-order chi connectivity index (χ0) is 30.6. The molecular formula is C33H25ClN4O4S2. The zero-order valence-electron chi connectivity index (χ0n) is 23.4. The van der Waals surface area contributed by atoms with Crippen LogP contribution in [0.3, 0.4) is 0 Å². The van der Waals surface area contributed by atoms with Crippen LogP contribution in [0.1, 0.15) is 33.9 Å². The van der Waals surface area contributed by atoms with Crippen LogP contribution in [0, 0.1) is 6.92 Å². The summed E-state index contributed by atoms with van der Waals surface area (Å²) in [6.45, 7) is 2.42. The Balaban J connectivity index is 1.29. The Morgan fingerprint density at radius 2 is 1.66 bits per heavy atom. The van der Waals surface area contributed by atoms with Crippen LogP contribution in [0.2, 0.25) is 5.02 Å². The van der Waals surface area contributed by atoms with E-state index < -0.39 is 17.7 Å². The highest BCUT2D eigenvalue weighted by Gasteiger charge is 2.48. The Hall–Kier alpha value is -4.51. The molecule has 1 amide bonds. The maximum Gasteiger partial charge on any atom is 0.301 e. The number of halogens is 1. The molecule has 1 atom stereocenters. The molecule has 6 rings (SSSR count). The Morgan fingerprint density at radius 1 is 0.955 bits per heavy atom. The number of benzene rings is 3. The third-order valence-corrected chi connectivity index (χ3v) is 9.63. The Labute approximate surface area is 267 Å². The largest absolute Gasteiger partial charge is 0.507 e. The number of nitrogens with zero attached hydrogens (tertiary/aromatic N) is 4. The monoisotopic (exact) mass is 640 g/mol. The highest BCUT2D eigenvalue weighted by molar-refractivity contribution is 8.00.